The minimum Gasteiger partial charge on any atom is -0.493 e. The molecule has 1 aliphatic rings. The third-order valence-corrected chi connectivity index (χ3v) is 5.13. The van der Waals surface area contributed by atoms with Gasteiger partial charge < -0.3 is 15.4 Å². The van der Waals surface area contributed by atoms with Crippen molar-refractivity contribution in [2.45, 2.75) is 5.92 Å². The zero-order valence-electron chi connectivity index (χ0n) is 14.0. The molecule has 2 atom stereocenters. The van der Waals surface area contributed by atoms with E-state index in [2.05, 4.69) is 36.5 Å². The van der Waals surface area contributed by atoms with Crippen LogP contribution in [-0.4, -0.2) is 28.4 Å². The Kier molecular flexibility index (Phi) is 4.49. The number of hydrogen-bond donors (Lipinski definition) is 3. The summed E-state index contributed by atoms with van der Waals surface area (Å²) in [5.74, 6) is -2.41. The first kappa shape index (κ1) is 17.4. The maximum absolute atomic E-state index is 12.6. The number of fused-ring (bicyclic) bond motifs is 1. The van der Waals surface area contributed by atoms with Crippen molar-refractivity contribution in [2.24, 2.45) is 16.1 Å². The zero-order valence-corrected chi connectivity index (χ0v) is 15.6. The number of halogens is 1. The summed E-state index contributed by atoms with van der Waals surface area (Å²) in [6, 6.07) is 14.7. The maximum atomic E-state index is 12.6. The van der Waals surface area contributed by atoms with Gasteiger partial charge in [0.1, 0.15) is 5.92 Å². The number of H-pyrrole nitrogens is 1. The van der Waals surface area contributed by atoms with Gasteiger partial charge in [-0.25, -0.2) is 0 Å². The summed E-state index contributed by atoms with van der Waals surface area (Å²) in [7, 11) is 0. The number of nitrogens with one attached hydrogen (secondary N) is 2. The van der Waals surface area contributed by atoms with Crippen molar-refractivity contribution in [2.75, 3.05) is 6.54 Å². The van der Waals surface area contributed by atoms with Crippen molar-refractivity contribution in [3.63, 3.8) is 0 Å². The number of hydrogen-bond acceptors (Lipinski definition) is 4. The van der Waals surface area contributed by atoms with Gasteiger partial charge in [0.15, 0.2) is 5.69 Å². The molecule has 2 aromatic carbocycles. The van der Waals surface area contributed by atoms with Crippen LogP contribution in [0.15, 0.2) is 63.2 Å². The molecule has 0 unspecified atom stereocenters. The van der Waals surface area contributed by atoms with Gasteiger partial charge in [0, 0.05) is 22.3 Å². The lowest BCUT2D eigenvalue weighted by Gasteiger charge is -2.13. The predicted molar refractivity (Wildman–Crippen MR) is 103 cm³/mol. The van der Waals surface area contributed by atoms with Crippen LogP contribution in [-0.2, 0) is 9.59 Å². The SMILES string of the molecule is O=C(N=Nc1c(O)[nH]c2ccc(Br)cc12)[C@H]1C(=O)NC[C@@H]1c1ccccc1. The number of amides is 2. The van der Waals surface area contributed by atoms with E-state index >= 15 is 0 Å². The van der Waals surface area contributed by atoms with E-state index in [1.54, 1.807) is 12.1 Å². The van der Waals surface area contributed by atoms with Gasteiger partial charge >= 0.3 is 0 Å². The van der Waals surface area contributed by atoms with E-state index in [1.165, 1.54) is 0 Å². The quantitative estimate of drug-likeness (QED) is 0.438. The Labute approximate surface area is 162 Å². The van der Waals surface area contributed by atoms with E-state index in [4.69, 9.17) is 0 Å². The van der Waals surface area contributed by atoms with Crippen LogP contribution in [0.4, 0.5) is 5.69 Å². The maximum Gasteiger partial charge on any atom is 0.277 e. The monoisotopic (exact) mass is 426 g/mol. The summed E-state index contributed by atoms with van der Waals surface area (Å²) in [5, 5.41) is 21.1. The second-order valence-corrected chi connectivity index (χ2v) is 7.21. The molecule has 3 N–H and O–H groups in total. The zero-order chi connectivity index (χ0) is 19.0. The van der Waals surface area contributed by atoms with Crippen molar-refractivity contribution in [1.29, 1.82) is 0 Å². The van der Waals surface area contributed by atoms with Crippen molar-refractivity contribution in [3.05, 3.63) is 58.6 Å². The largest absolute Gasteiger partial charge is 0.493 e. The van der Waals surface area contributed by atoms with E-state index in [9.17, 15) is 14.7 Å². The van der Waals surface area contributed by atoms with Crippen LogP contribution in [0.25, 0.3) is 10.9 Å². The fourth-order valence-corrected chi connectivity index (χ4v) is 3.68. The predicted octanol–water partition coefficient (Wildman–Crippen LogP) is 3.78. The number of benzene rings is 2. The van der Waals surface area contributed by atoms with Crippen LogP contribution >= 0.6 is 15.9 Å². The molecule has 0 aliphatic carbocycles. The molecule has 136 valence electrons. The van der Waals surface area contributed by atoms with Crippen LogP contribution in [0, 0.1) is 5.92 Å². The molecule has 2 heterocycles. The molecule has 8 heteroatoms. The van der Waals surface area contributed by atoms with E-state index in [1.807, 2.05) is 36.4 Å². The summed E-state index contributed by atoms with van der Waals surface area (Å²) in [6.07, 6.45) is 0. The topological polar surface area (TPSA) is 107 Å². The van der Waals surface area contributed by atoms with E-state index in [0.717, 1.165) is 10.0 Å². The molecule has 2 amide bonds. The number of carbonyl (C=O) groups excluding carboxylic acids is 2. The molecule has 0 spiro atoms. The average Bonchev–Trinajstić information content (AvgIpc) is 3.20. The van der Waals surface area contributed by atoms with E-state index in [-0.39, 0.29) is 23.4 Å². The summed E-state index contributed by atoms with van der Waals surface area (Å²) in [5.41, 5.74) is 1.72. The second kappa shape index (κ2) is 6.96. The molecule has 3 aromatic rings. The van der Waals surface area contributed by atoms with Gasteiger partial charge in [-0.05, 0) is 23.8 Å². The standard InChI is InChI=1S/C19H15BrN4O3/c20-11-6-7-14-12(8-11)16(19(27)22-14)23-24-18(26)15-13(9-21-17(15)25)10-4-2-1-3-5-10/h1-8,13,15,22,27H,9H2,(H,21,25)/t13-,15-/m1/s1. The second-order valence-electron chi connectivity index (χ2n) is 6.29. The Morgan fingerprint density at radius 2 is 1.96 bits per heavy atom. The highest BCUT2D eigenvalue weighted by Crippen LogP contribution is 2.37. The first-order valence-corrected chi connectivity index (χ1v) is 9.12. The Hall–Kier alpha value is -3.00. The van der Waals surface area contributed by atoms with Gasteiger partial charge in [0.25, 0.3) is 5.91 Å². The van der Waals surface area contributed by atoms with Crippen LogP contribution in [0.3, 0.4) is 0 Å². The first-order chi connectivity index (χ1) is 13.0. The van der Waals surface area contributed by atoms with Crippen molar-refractivity contribution in [1.82, 2.24) is 10.3 Å². The molecule has 0 radical (unpaired) electrons. The van der Waals surface area contributed by atoms with Crippen LogP contribution < -0.4 is 5.32 Å². The Balaban J connectivity index is 1.64. The van der Waals surface area contributed by atoms with E-state index in [0.29, 0.717) is 17.4 Å². The van der Waals surface area contributed by atoms with Gasteiger partial charge in [-0.1, -0.05) is 46.3 Å². The van der Waals surface area contributed by atoms with Crippen LogP contribution in [0.1, 0.15) is 11.5 Å². The van der Waals surface area contributed by atoms with E-state index < -0.39 is 11.8 Å². The third-order valence-electron chi connectivity index (χ3n) is 4.64. The van der Waals surface area contributed by atoms with Crippen LogP contribution in [0.5, 0.6) is 5.88 Å². The lowest BCUT2D eigenvalue weighted by Crippen LogP contribution is -2.25. The summed E-state index contributed by atoms with van der Waals surface area (Å²) in [6.45, 7) is 0.375. The molecule has 4 rings (SSSR count). The van der Waals surface area contributed by atoms with Gasteiger partial charge in [-0.15, -0.1) is 10.2 Å². The lowest BCUT2D eigenvalue weighted by atomic mass is 9.88. The van der Waals surface area contributed by atoms with Gasteiger partial charge in [0.05, 0.1) is 5.52 Å². The molecule has 27 heavy (non-hydrogen) atoms. The van der Waals surface area contributed by atoms with Crippen molar-refractivity contribution in [3.8, 4) is 5.88 Å². The molecule has 1 aromatic heterocycles. The molecule has 0 saturated carbocycles. The number of carbonyl (C=O) groups is 2. The van der Waals surface area contributed by atoms with Crippen molar-refractivity contribution < 1.29 is 14.7 Å². The minimum absolute atomic E-state index is 0.161. The fourth-order valence-electron chi connectivity index (χ4n) is 3.31. The average molecular weight is 427 g/mol. The highest BCUT2D eigenvalue weighted by atomic mass is 79.9. The number of nitrogens with zero attached hydrogens (tertiary/aromatic N) is 2. The fraction of sp³-hybridized carbons (Fsp3) is 0.158. The number of aromatic amines is 1. The molecular weight excluding hydrogens is 412 g/mol. The number of aromatic nitrogens is 1. The molecule has 0 bridgehead atoms. The number of azo groups is 1. The number of aromatic hydroxyl groups is 1. The molecule has 1 aliphatic heterocycles. The molecule has 7 nitrogen and oxygen atoms in total. The van der Waals surface area contributed by atoms with Crippen LogP contribution in [0.2, 0.25) is 0 Å². The summed E-state index contributed by atoms with van der Waals surface area (Å²) in [4.78, 5) is 27.6. The highest BCUT2D eigenvalue weighted by Gasteiger charge is 2.41. The summed E-state index contributed by atoms with van der Waals surface area (Å²) < 4.78 is 0.802. The van der Waals surface area contributed by atoms with Gasteiger partial charge in [-0.3, -0.25) is 9.59 Å². The van der Waals surface area contributed by atoms with Gasteiger partial charge in [0.2, 0.25) is 11.8 Å². The Morgan fingerprint density at radius 3 is 2.74 bits per heavy atom. The Morgan fingerprint density at radius 1 is 1.19 bits per heavy atom. The smallest absolute Gasteiger partial charge is 0.277 e. The Bertz CT molecular complexity index is 1060. The number of rotatable bonds is 3. The normalized spacial score (nSPS) is 19.7. The van der Waals surface area contributed by atoms with Gasteiger partial charge in [-0.2, -0.15) is 0 Å². The third kappa shape index (κ3) is 3.23. The molecular formula is C19H15BrN4O3. The first-order valence-electron chi connectivity index (χ1n) is 8.33. The lowest BCUT2D eigenvalue weighted by molar-refractivity contribution is -0.131. The highest BCUT2D eigenvalue weighted by molar-refractivity contribution is 9.10. The molecule has 1 fully saturated rings. The van der Waals surface area contributed by atoms with Crippen molar-refractivity contribution >= 4 is 44.3 Å². The summed E-state index contributed by atoms with van der Waals surface area (Å²) >= 11 is 3.36. The molecule has 1 saturated heterocycles. The minimum atomic E-state index is -0.935.